The fraction of sp³-hybridized carbons (Fsp3) is 0.333. The van der Waals surface area contributed by atoms with Gasteiger partial charge in [0.2, 0.25) is 0 Å². The third kappa shape index (κ3) is 3.43. The number of fused-ring (bicyclic) bond motifs is 1. The molecule has 0 bridgehead atoms. The van der Waals surface area contributed by atoms with Crippen molar-refractivity contribution in [3.63, 3.8) is 0 Å². The minimum absolute atomic E-state index is 0.0809. The summed E-state index contributed by atoms with van der Waals surface area (Å²) >= 11 is 0. The van der Waals surface area contributed by atoms with Crippen LogP contribution in [0.25, 0.3) is 16.5 Å². The van der Waals surface area contributed by atoms with E-state index < -0.39 is 0 Å². The van der Waals surface area contributed by atoms with Crippen LogP contribution in [-0.4, -0.2) is 16.3 Å². The summed E-state index contributed by atoms with van der Waals surface area (Å²) in [5.41, 5.74) is 2.87. The molecule has 0 atom stereocenters. The molecule has 25 heavy (non-hydrogen) atoms. The smallest absolute Gasteiger partial charge is 0.281 e. The molecule has 2 aromatic carbocycles. The fourth-order valence-corrected chi connectivity index (χ4v) is 2.89. The van der Waals surface area contributed by atoms with Crippen molar-refractivity contribution in [2.24, 2.45) is 0 Å². The second-order valence-electron chi connectivity index (χ2n) is 7.35. The van der Waals surface area contributed by atoms with E-state index in [9.17, 15) is 4.79 Å². The molecule has 0 saturated carbocycles. The third-order valence-electron chi connectivity index (χ3n) is 4.36. The molecule has 1 aromatic heterocycles. The highest BCUT2D eigenvalue weighted by Crippen LogP contribution is 2.23. The molecule has 0 spiro atoms. The van der Waals surface area contributed by atoms with Gasteiger partial charge in [-0.3, -0.25) is 4.79 Å². The zero-order valence-corrected chi connectivity index (χ0v) is 15.3. The van der Waals surface area contributed by atoms with Crippen molar-refractivity contribution in [3.05, 3.63) is 64.6 Å². The SMILES string of the molecule is CCCNc1cccc2cnn(-c3ccc(C(C)(C)C)cc3)c(=O)c12. The number of benzene rings is 2. The molecule has 0 aliphatic rings. The summed E-state index contributed by atoms with van der Waals surface area (Å²) in [7, 11) is 0. The van der Waals surface area contributed by atoms with Crippen molar-refractivity contribution < 1.29 is 0 Å². The van der Waals surface area contributed by atoms with Gasteiger partial charge in [0.25, 0.3) is 5.56 Å². The molecule has 3 rings (SSSR count). The highest BCUT2D eigenvalue weighted by atomic mass is 16.1. The zero-order valence-electron chi connectivity index (χ0n) is 15.3. The molecule has 0 amide bonds. The largest absolute Gasteiger partial charge is 0.384 e. The molecule has 4 heteroatoms. The van der Waals surface area contributed by atoms with Crippen molar-refractivity contribution >= 4 is 16.5 Å². The molecule has 1 heterocycles. The quantitative estimate of drug-likeness (QED) is 0.763. The molecule has 130 valence electrons. The number of nitrogens with zero attached hydrogens (tertiary/aromatic N) is 2. The molecule has 0 aliphatic heterocycles. The van der Waals surface area contributed by atoms with E-state index in [4.69, 9.17) is 0 Å². The van der Waals surface area contributed by atoms with Gasteiger partial charge in [0, 0.05) is 17.6 Å². The Morgan fingerprint density at radius 3 is 2.44 bits per heavy atom. The summed E-state index contributed by atoms with van der Waals surface area (Å²) in [6.45, 7) is 9.46. The van der Waals surface area contributed by atoms with Gasteiger partial charge in [0.05, 0.1) is 17.3 Å². The number of rotatable bonds is 4. The summed E-state index contributed by atoms with van der Waals surface area (Å²) in [5, 5.41) is 9.25. The van der Waals surface area contributed by atoms with E-state index >= 15 is 0 Å². The van der Waals surface area contributed by atoms with Crippen LogP contribution in [0, 0.1) is 0 Å². The second-order valence-corrected chi connectivity index (χ2v) is 7.35. The Bertz CT molecular complexity index is 934. The van der Waals surface area contributed by atoms with Crippen LogP contribution in [0.3, 0.4) is 0 Å². The van der Waals surface area contributed by atoms with Gasteiger partial charge in [0.15, 0.2) is 0 Å². The van der Waals surface area contributed by atoms with Crippen molar-refractivity contribution in [2.75, 3.05) is 11.9 Å². The van der Waals surface area contributed by atoms with E-state index in [2.05, 4.69) is 50.2 Å². The van der Waals surface area contributed by atoms with Crippen LogP contribution in [0.5, 0.6) is 0 Å². The second kappa shape index (κ2) is 6.71. The average Bonchev–Trinajstić information content (AvgIpc) is 2.59. The average molecular weight is 335 g/mol. The van der Waals surface area contributed by atoms with Crippen molar-refractivity contribution in [1.82, 2.24) is 9.78 Å². The Labute approximate surface area is 148 Å². The summed E-state index contributed by atoms with van der Waals surface area (Å²) < 4.78 is 1.48. The summed E-state index contributed by atoms with van der Waals surface area (Å²) in [6, 6.07) is 13.9. The maximum absolute atomic E-state index is 13.1. The molecule has 1 N–H and O–H groups in total. The number of nitrogens with one attached hydrogen (secondary N) is 1. The first-order valence-corrected chi connectivity index (χ1v) is 8.77. The van der Waals surface area contributed by atoms with E-state index in [0.29, 0.717) is 5.39 Å². The van der Waals surface area contributed by atoms with Crippen molar-refractivity contribution in [3.8, 4) is 5.69 Å². The lowest BCUT2D eigenvalue weighted by atomic mass is 9.87. The minimum atomic E-state index is -0.0970. The van der Waals surface area contributed by atoms with Gasteiger partial charge in [-0.15, -0.1) is 0 Å². The van der Waals surface area contributed by atoms with E-state index in [1.54, 1.807) is 6.20 Å². The van der Waals surface area contributed by atoms with Crippen molar-refractivity contribution in [2.45, 2.75) is 39.5 Å². The maximum atomic E-state index is 13.1. The topological polar surface area (TPSA) is 46.9 Å². The predicted molar refractivity (Wildman–Crippen MR) is 105 cm³/mol. The third-order valence-corrected chi connectivity index (χ3v) is 4.36. The fourth-order valence-electron chi connectivity index (χ4n) is 2.89. The van der Waals surface area contributed by atoms with Gasteiger partial charge in [-0.25, -0.2) is 0 Å². The van der Waals surface area contributed by atoms with Gasteiger partial charge >= 0.3 is 0 Å². The first-order valence-electron chi connectivity index (χ1n) is 8.77. The lowest BCUT2D eigenvalue weighted by Gasteiger charge is -2.19. The first kappa shape index (κ1) is 17.2. The van der Waals surface area contributed by atoms with E-state index in [1.165, 1.54) is 10.2 Å². The summed E-state index contributed by atoms with van der Waals surface area (Å²) in [5.74, 6) is 0. The van der Waals surface area contributed by atoms with E-state index in [1.807, 2.05) is 30.3 Å². The predicted octanol–water partition coefficient (Wildman–Crippen LogP) is 4.51. The Hall–Kier alpha value is -2.62. The van der Waals surface area contributed by atoms with Crippen LogP contribution >= 0.6 is 0 Å². The highest BCUT2D eigenvalue weighted by Gasteiger charge is 2.14. The van der Waals surface area contributed by atoms with Gasteiger partial charge < -0.3 is 5.32 Å². The monoisotopic (exact) mass is 335 g/mol. The summed E-state index contributed by atoms with van der Waals surface area (Å²) in [6.07, 6.45) is 2.76. The lowest BCUT2D eigenvalue weighted by Crippen LogP contribution is -2.22. The molecule has 0 radical (unpaired) electrons. The van der Waals surface area contributed by atoms with E-state index in [-0.39, 0.29) is 11.0 Å². The molecular formula is C21H25N3O. The van der Waals surface area contributed by atoms with Crippen LogP contribution in [0.2, 0.25) is 0 Å². The molecule has 0 fully saturated rings. The molecule has 0 unspecified atom stereocenters. The summed E-state index contributed by atoms with van der Waals surface area (Å²) in [4.78, 5) is 13.1. The Morgan fingerprint density at radius 1 is 1.08 bits per heavy atom. The van der Waals surface area contributed by atoms with Gasteiger partial charge in [0.1, 0.15) is 0 Å². The van der Waals surface area contributed by atoms with Crippen LogP contribution < -0.4 is 10.9 Å². The minimum Gasteiger partial charge on any atom is -0.384 e. The van der Waals surface area contributed by atoms with E-state index in [0.717, 1.165) is 29.7 Å². The van der Waals surface area contributed by atoms with Crippen molar-refractivity contribution in [1.29, 1.82) is 0 Å². The molecule has 3 aromatic rings. The Kier molecular flexibility index (Phi) is 4.62. The standard InChI is InChI=1S/C21H25N3O/c1-5-13-22-18-8-6-7-15-14-23-24(20(25)19(15)18)17-11-9-16(10-12-17)21(2,3)4/h6-12,14,22H,5,13H2,1-4H3. The first-order chi connectivity index (χ1) is 11.9. The van der Waals surface area contributed by atoms with Gasteiger partial charge in [-0.05, 0) is 35.6 Å². The maximum Gasteiger partial charge on any atom is 0.281 e. The van der Waals surface area contributed by atoms with Gasteiger partial charge in [-0.2, -0.15) is 9.78 Å². The number of hydrogen-bond acceptors (Lipinski definition) is 3. The molecule has 4 nitrogen and oxygen atoms in total. The molecular weight excluding hydrogens is 310 g/mol. The number of anilines is 1. The van der Waals surface area contributed by atoms with Crippen LogP contribution in [0.1, 0.15) is 39.7 Å². The lowest BCUT2D eigenvalue weighted by molar-refractivity contribution is 0.590. The normalized spacial score (nSPS) is 11.7. The molecule has 0 aliphatic carbocycles. The Balaban J connectivity index is 2.11. The Morgan fingerprint density at radius 2 is 1.80 bits per heavy atom. The zero-order chi connectivity index (χ0) is 18.0. The number of aromatic nitrogens is 2. The van der Waals surface area contributed by atoms with Crippen LogP contribution in [0.4, 0.5) is 5.69 Å². The molecule has 0 saturated heterocycles. The van der Waals surface area contributed by atoms with Crippen LogP contribution in [0.15, 0.2) is 53.5 Å². The van der Waals surface area contributed by atoms with Crippen LogP contribution in [-0.2, 0) is 5.41 Å². The van der Waals surface area contributed by atoms with Gasteiger partial charge in [-0.1, -0.05) is 52.0 Å². The highest BCUT2D eigenvalue weighted by molar-refractivity contribution is 5.92. The number of hydrogen-bond donors (Lipinski definition) is 1.